The number of halogens is 2. The molecule has 0 atom stereocenters. The van der Waals surface area contributed by atoms with Crippen molar-refractivity contribution in [3.05, 3.63) is 40.0 Å². The fourth-order valence-electron chi connectivity index (χ4n) is 1.47. The lowest BCUT2D eigenvalue weighted by Gasteiger charge is -2.02. The van der Waals surface area contributed by atoms with Crippen LogP contribution in [0.4, 0.5) is 9.39 Å². The Labute approximate surface area is 105 Å². The number of nitrogen functional groups attached to an aromatic ring is 1. The molecule has 0 spiro atoms. The van der Waals surface area contributed by atoms with E-state index in [1.165, 1.54) is 18.2 Å². The van der Waals surface area contributed by atoms with Crippen LogP contribution in [0, 0.1) is 5.82 Å². The van der Waals surface area contributed by atoms with Crippen LogP contribution < -0.4 is 5.73 Å². The average molecular weight is 272 g/mol. The summed E-state index contributed by atoms with van der Waals surface area (Å²) in [7, 11) is 0. The van der Waals surface area contributed by atoms with Crippen LogP contribution in [0.25, 0.3) is 11.1 Å². The van der Waals surface area contributed by atoms with E-state index in [-0.39, 0.29) is 15.6 Å². The number of nitrogens with two attached hydrogens (primary N) is 1. The predicted octanol–water partition coefficient (Wildman–Crippen LogP) is 3.49. The van der Waals surface area contributed by atoms with E-state index in [1.807, 2.05) is 0 Å². The number of anilines is 1. The molecule has 0 radical (unpaired) electrons. The molecule has 0 bridgehead atoms. The highest BCUT2D eigenvalue weighted by atomic mass is 35.5. The van der Waals surface area contributed by atoms with E-state index in [2.05, 4.69) is 0 Å². The van der Waals surface area contributed by atoms with Crippen molar-refractivity contribution >= 4 is 33.9 Å². The quantitative estimate of drug-likeness (QED) is 0.879. The SMILES string of the molecule is Nc1scc(-c2ccc(F)c(Cl)c2)c1C(=O)O. The summed E-state index contributed by atoms with van der Waals surface area (Å²) in [6.07, 6.45) is 0. The van der Waals surface area contributed by atoms with E-state index in [9.17, 15) is 9.18 Å². The van der Waals surface area contributed by atoms with Gasteiger partial charge in [-0.1, -0.05) is 17.7 Å². The number of carbonyl (C=O) groups is 1. The summed E-state index contributed by atoms with van der Waals surface area (Å²) >= 11 is 6.78. The highest BCUT2D eigenvalue weighted by molar-refractivity contribution is 7.14. The van der Waals surface area contributed by atoms with E-state index in [4.69, 9.17) is 22.4 Å². The molecule has 0 aliphatic rings. The normalized spacial score (nSPS) is 10.5. The number of aromatic carboxylic acids is 1. The Bertz CT molecular complexity index is 597. The van der Waals surface area contributed by atoms with Crippen LogP contribution in [0.15, 0.2) is 23.6 Å². The van der Waals surface area contributed by atoms with Crippen LogP contribution >= 0.6 is 22.9 Å². The summed E-state index contributed by atoms with van der Waals surface area (Å²) in [6, 6.07) is 4.04. The maximum Gasteiger partial charge on any atom is 0.339 e. The lowest BCUT2D eigenvalue weighted by molar-refractivity contribution is 0.0699. The Morgan fingerprint density at radius 1 is 1.47 bits per heavy atom. The summed E-state index contributed by atoms with van der Waals surface area (Å²) in [5.41, 5.74) is 6.58. The van der Waals surface area contributed by atoms with Gasteiger partial charge in [-0.15, -0.1) is 11.3 Å². The van der Waals surface area contributed by atoms with Crippen molar-refractivity contribution in [2.24, 2.45) is 0 Å². The molecule has 0 fully saturated rings. The van der Waals surface area contributed by atoms with Gasteiger partial charge >= 0.3 is 5.97 Å². The molecule has 0 saturated carbocycles. The fraction of sp³-hybridized carbons (Fsp3) is 0. The smallest absolute Gasteiger partial charge is 0.339 e. The highest BCUT2D eigenvalue weighted by Gasteiger charge is 2.18. The van der Waals surface area contributed by atoms with Crippen LogP contribution in [0.3, 0.4) is 0 Å². The molecule has 0 amide bonds. The number of carboxylic acids is 1. The molecule has 1 aromatic heterocycles. The van der Waals surface area contributed by atoms with E-state index in [0.29, 0.717) is 11.1 Å². The average Bonchev–Trinajstić information content (AvgIpc) is 2.64. The zero-order chi connectivity index (χ0) is 12.6. The molecule has 88 valence electrons. The molecule has 0 unspecified atom stereocenters. The van der Waals surface area contributed by atoms with E-state index in [0.717, 1.165) is 11.3 Å². The first-order chi connectivity index (χ1) is 8.00. The number of hydrogen-bond donors (Lipinski definition) is 2. The molecule has 2 rings (SSSR count). The fourth-order valence-corrected chi connectivity index (χ4v) is 2.46. The molecule has 3 nitrogen and oxygen atoms in total. The summed E-state index contributed by atoms with van der Waals surface area (Å²) in [5.74, 6) is -1.66. The predicted molar refractivity (Wildman–Crippen MR) is 66.1 cm³/mol. The first-order valence-electron chi connectivity index (χ1n) is 4.56. The topological polar surface area (TPSA) is 63.3 Å². The third kappa shape index (κ3) is 2.11. The first kappa shape index (κ1) is 11.9. The molecule has 0 saturated heterocycles. The van der Waals surface area contributed by atoms with E-state index >= 15 is 0 Å². The van der Waals surface area contributed by atoms with Gasteiger partial charge in [0.1, 0.15) is 16.4 Å². The Morgan fingerprint density at radius 2 is 2.18 bits per heavy atom. The minimum atomic E-state index is -1.11. The van der Waals surface area contributed by atoms with Gasteiger partial charge in [-0.05, 0) is 17.7 Å². The molecule has 2 aromatic rings. The second-order valence-corrected chi connectivity index (χ2v) is 4.64. The number of hydrogen-bond acceptors (Lipinski definition) is 3. The van der Waals surface area contributed by atoms with Gasteiger partial charge < -0.3 is 10.8 Å². The molecule has 6 heteroatoms. The first-order valence-corrected chi connectivity index (χ1v) is 5.82. The monoisotopic (exact) mass is 271 g/mol. The van der Waals surface area contributed by atoms with Gasteiger partial charge in [0, 0.05) is 10.9 Å². The molecule has 0 aliphatic heterocycles. The molecular formula is C11H7ClFNO2S. The van der Waals surface area contributed by atoms with E-state index < -0.39 is 11.8 Å². The van der Waals surface area contributed by atoms with Gasteiger partial charge in [-0.3, -0.25) is 0 Å². The Balaban J connectivity index is 2.60. The standard InChI is InChI=1S/C11H7ClFNO2S/c12-7-3-5(1-2-8(7)13)6-4-17-10(14)9(6)11(15)16/h1-4H,14H2,(H,15,16). The highest BCUT2D eigenvalue weighted by Crippen LogP contribution is 2.35. The van der Waals surface area contributed by atoms with Crippen LogP contribution in [0.2, 0.25) is 5.02 Å². The lowest BCUT2D eigenvalue weighted by atomic mass is 10.0. The molecule has 1 aromatic carbocycles. The van der Waals surface area contributed by atoms with Crippen molar-refractivity contribution in [1.29, 1.82) is 0 Å². The van der Waals surface area contributed by atoms with Crippen molar-refractivity contribution in [3.63, 3.8) is 0 Å². The van der Waals surface area contributed by atoms with Gasteiger partial charge in [0.2, 0.25) is 0 Å². The Morgan fingerprint density at radius 3 is 2.76 bits per heavy atom. The molecular weight excluding hydrogens is 265 g/mol. The maximum atomic E-state index is 13.0. The largest absolute Gasteiger partial charge is 0.478 e. The number of rotatable bonds is 2. The van der Waals surface area contributed by atoms with Crippen molar-refractivity contribution in [1.82, 2.24) is 0 Å². The van der Waals surface area contributed by atoms with Gasteiger partial charge in [0.25, 0.3) is 0 Å². The van der Waals surface area contributed by atoms with Crippen molar-refractivity contribution in [2.45, 2.75) is 0 Å². The van der Waals surface area contributed by atoms with E-state index in [1.54, 1.807) is 5.38 Å². The van der Waals surface area contributed by atoms with Crippen LogP contribution in [0.5, 0.6) is 0 Å². The third-order valence-corrected chi connectivity index (χ3v) is 3.37. The van der Waals surface area contributed by atoms with Crippen molar-refractivity contribution in [2.75, 3.05) is 5.73 Å². The zero-order valence-electron chi connectivity index (χ0n) is 8.41. The number of benzene rings is 1. The second-order valence-electron chi connectivity index (χ2n) is 3.32. The Kier molecular flexibility index (Phi) is 3.04. The lowest BCUT2D eigenvalue weighted by Crippen LogP contribution is -2.00. The van der Waals surface area contributed by atoms with Gasteiger partial charge in [0.15, 0.2) is 0 Å². The maximum absolute atomic E-state index is 13.0. The van der Waals surface area contributed by atoms with Gasteiger partial charge in [-0.25, -0.2) is 9.18 Å². The minimum Gasteiger partial charge on any atom is -0.478 e. The summed E-state index contributed by atoms with van der Waals surface area (Å²) in [5, 5.41) is 10.8. The van der Waals surface area contributed by atoms with Crippen molar-refractivity contribution < 1.29 is 14.3 Å². The van der Waals surface area contributed by atoms with Crippen LogP contribution in [-0.4, -0.2) is 11.1 Å². The summed E-state index contributed by atoms with van der Waals surface area (Å²) in [6.45, 7) is 0. The zero-order valence-corrected chi connectivity index (χ0v) is 9.98. The third-order valence-electron chi connectivity index (χ3n) is 2.26. The number of thiophene rings is 1. The van der Waals surface area contributed by atoms with Crippen LogP contribution in [-0.2, 0) is 0 Å². The van der Waals surface area contributed by atoms with Gasteiger partial charge in [-0.2, -0.15) is 0 Å². The summed E-state index contributed by atoms with van der Waals surface area (Å²) < 4.78 is 13.0. The minimum absolute atomic E-state index is 0.0256. The number of carboxylic acid groups (broad SMARTS) is 1. The van der Waals surface area contributed by atoms with Gasteiger partial charge in [0.05, 0.1) is 5.02 Å². The second kappa shape index (κ2) is 4.35. The van der Waals surface area contributed by atoms with Crippen LogP contribution in [0.1, 0.15) is 10.4 Å². The molecule has 1 heterocycles. The summed E-state index contributed by atoms with van der Waals surface area (Å²) in [4.78, 5) is 11.0. The molecule has 3 N–H and O–H groups in total. The van der Waals surface area contributed by atoms with Crippen molar-refractivity contribution in [3.8, 4) is 11.1 Å². The molecule has 0 aliphatic carbocycles. The molecule has 17 heavy (non-hydrogen) atoms. The Hall–Kier alpha value is -1.59.